The number of nitrogens with one attached hydrogen (secondary N) is 1. The fourth-order valence-electron chi connectivity index (χ4n) is 1.67. The van der Waals surface area contributed by atoms with Crippen LogP contribution in [0.2, 0.25) is 0 Å². The average molecular weight is 240 g/mol. The summed E-state index contributed by atoms with van der Waals surface area (Å²) in [4.78, 5) is 0. The highest BCUT2D eigenvalue weighted by Crippen LogP contribution is 2.11. The Hall–Kier alpha value is -0.590. The molecule has 0 saturated heterocycles. The molecule has 0 radical (unpaired) electrons. The van der Waals surface area contributed by atoms with E-state index in [4.69, 9.17) is 10.00 Å². The van der Waals surface area contributed by atoms with Crippen molar-refractivity contribution in [1.82, 2.24) is 5.32 Å². The van der Waals surface area contributed by atoms with Crippen LogP contribution >= 0.6 is 0 Å². The number of nitrogens with zero attached hydrogens (tertiary/aromatic N) is 1. The van der Waals surface area contributed by atoms with Gasteiger partial charge >= 0.3 is 0 Å². The molecule has 0 aromatic rings. The summed E-state index contributed by atoms with van der Waals surface area (Å²) >= 11 is 0. The van der Waals surface area contributed by atoms with Gasteiger partial charge in [-0.3, -0.25) is 5.32 Å². The standard InChI is InChI=1S/C14H28N2O/c1-4-6-7-11-17-12-8-9-14(3,13-15)16-10-5-2/h16H,4-12H2,1-3H3. The van der Waals surface area contributed by atoms with Crippen LogP contribution in [0.3, 0.4) is 0 Å². The van der Waals surface area contributed by atoms with Gasteiger partial charge in [0.05, 0.1) is 6.07 Å². The minimum atomic E-state index is -0.386. The van der Waals surface area contributed by atoms with Gasteiger partial charge in [-0.05, 0) is 39.2 Å². The Kier molecular flexibility index (Phi) is 10.2. The van der Waals surface area contributed by atoms with E-state index in [0.717, 1.165) is 45.4 Å². The quantitative estimate of drug-likeness (QED) is 0.564. The summed E-state index contributed by atoms with van der Waals surface area (Å²) in [7, 11) is 0. The fraction of sp³-hybridized carbons (Fsp3) is 0.929. The van der Waals surface area contributed by atoms with Gasteiger partial charge in [-0.2, -0.15) is 5.26 Å². The molecule has 3 heteroatoms. The van der Waals surface area contributed by atoms with Crippen molar-refractivity contribution >= 4 is 0 Å². The second-order valence-electron chi connectivity index (χ2n) is 4.79. The highest BCUT2D eigenvalue weighted by molar-refractivity contribution is 5.03. The summed E-state index contributed by atoms with van der Waals surface area (Å²) in [5.74, 6) is 0. The lowest BCUT2D eigenvalue weighted by atomic mass is 9.98. The minimum Gasteiger partial charge on any atom is -0.381 e. The normalized spacial score (nSPS) is 14.2. The van der Waals surface area contributed by atoms with E-state index in [1.807, 2.05) is 6.92 Å². The summed E-state index contributed by atoms with van der Waals surface area (Å²) in [6.07, 6.45) is 6.50. The van der Waals surface area contributed by atoms with Crippen molar-refractivity contribution in [3.8, 4) is 6.07 Å². The van der Waals surface area contributed by atoms with Crippen molar-refractivity contribution in [2.24, 2.45) is 0 Å². The maximum absolute atomic E-state index is 9.13. The van der Waals surface area contributed by atoms with Crippen LogP contribution in [-0.2, 0) is 4.74 Å². The van der Waals surface area contributed by atoms with E-state index < -0.39 is 0 Å². The van der Waals surface area contributed by atoms with Gasteiger partial charge in [0, 0.05) is 13.2 Å². The third-order valence-corrected chi connectivity index (χ3v) is 2.87. The molecule has 0 saturated carbocycles. The van der Waals surface area contributed by atoms with E-state index in [1.165, 1.54) is 12.8 Å². The first kappa shape index (κ1) is 16.4. The minimum absolute atomic E-state index is 0.386. The zero-order valence-corrected chi connectivity index (χ0v) is 11.7. The molecule has 1 atom stereocenters. The van der Waals surface area contributed by atoms with E-state index in [1.54, 1.807) is 0 Å². The maximum atomic E-state index is 9.13. The Balaban J connectivity index is 3.53. The van der Waals surface area contributed by atoms with Gasteiger partial charge in [-0.25, -0.2) is 0 Å². The highest BCUT2D eigenvalue weighted by Gasteiger charge is 2.21. The molecular weight excluding hydrogens is 212 g/mol. The zero-order chi connectivity index (χ0) is 13.0. The molecule has 1 unspecified atom stereocenters. The van der Waals surface area contributed by atoms with Gasteiger partial charge < -0.3 is 4.74 Å². The predicted molar refractivity (Wildman–Crippen MR) is 71.9 cm³/mol. The summed E-state index contributed by atoms with van der Waals surface area (Å²) in [5.41, 5.74) is -0.386. The van der Waals surface area contributed by atoms with Gasteiger partial charge in [0.2, 0.25) is 0 Å². The van der Waals surface area contributed by atoms with Crippen LogP contribution in [0, 0.1) is 11.3 Å². The molecule has 0 amide bonds. The second-order valence-corrected chi connectivity index (χ2v) is 4.79. The lowest BCUT2D eigenvalue weighted by molar-refractivity contribution is 0.122. The number of ether oxygens (including phenoxy) is 1. The highest BCUT2D eigenvalue weighted by atomic mass is 16.5. The first-order chi connectivity index (χ1) is 8.18. The van der Waals surface area contributed by atoms with Gasteiger partial charge in [-0.15, -0.1) is 0 Å². The molecule has 0 aliphatic carbocycles. The van der Waals surface area contributed by atoms with Gasteiger partial charge in [0.25, 0.3) is 0 Å². The molecule has 0 aliphatic heterocycles. The summed E-state index contributed by atoms with van der Waals surface area (Å²) in [5, 5.41) is 12.4. The van der Waals surface area contributed by atoms with Crippen LogP contribution in [0.1, 0.15) is 59.3 Å². The Morgan fingerprint density at radius 3 is 2.41 bits per heavy atom. The van der Waals surface area contributed by atoms with Gasteiger partial charge in [0.1, 0.15) is 5.54 Å². The molecule has 0 aliphatic rings. The lowest BCUT2D eigenvalue weighted by Gasteiger charge is -2.22. The second kappa shape index (κ2) is 10.6. The number of unbranched alkanes of at least 4 members (excludes halogenated alkanes) is 2. The van der Waals surface area contributed by atoms with E-state index in [-0.39, 0.29) is 5.54 Å². The zero-order valence-electron chi connectivity index (χ0n) is 11.7. The first-order valence-corrected chi connectivity index (χ1v) is 6.92. The Morgan fingerprint density at radius 1 is 1.12 bits per heavy atom. The average Bonchev–Trinajstić information content (AvgIpc) is 2.35. The third-order valence-electron chi connectivity index (χ3n) is 2.87. The SMILES string of the molecule is CCCCCOCCCC(C)(C#N)NCCC. The molecule has 100 valence electrons. The molecule has 0 fully saturated rings. The number of hydrogen-bond donors (Lipinski definition) is 1. The van der Waals surface area contributed by atoms with E-state index in [9.17, 15) is 0 Å². The fourth-order valence-corrected chi connectivity index (χ4v) is 1.67. The van der Waals surface area contributed by atoms with Crippen LogP contribution < -0.4 is 5.32 Å². The largest absolute Gasteiger partial charge is 0.381 e. The molecule has 0 bridgehead atoms. The Morgan fingerprint density at radius 2 is 1.82 bits per heavy atom. The van der Waals surface area contributed by atoms with Crippen LogP contribution in [0.4, 0.5) is 0 Å². The molecule has 3 nitrogen and oxygen atoms in total. The van der Waals surface area contributed by atoms with Crippen molar-refractivity contribution in [2.75, 3.05) is 19.8 Å². The number of rotatable bonds is 11. The summed E-state index contributed by atoms with van der Waals surface area (Å²) in [6.45, 7) is 8.81. The topological polar surface area (TPSA) is 45.0 Å². The monoisotopic (exact) mass is 240 g/mol. The van der Waals surface area contributed by atoms with Crippen LogP contribution in [0.15, 0.2) is 0 Å². The van der Waals surface area contributed by atoms with Crippen LogP contribution in [0.25, 0.3) is 0 Å². The van der Waals surface area contributed by atoms with Crippen molar-refractivity contribution in [3.05, 3.63) is 0 Å². The molecule has 0 heterocycles. The predicted octanol–water partition coefficient (Wildman–Crippen LogP) is 3.26. The van der Waals surface area contributed by atoms with Crippen molar-refractivity contribution < 1.29 is 4.74 Å². The van der Waals surface area contributed by atoms with Gasteiger partial charge in [0.15, 0.2) is 0 Å². The van der Waals surface area contributed by atoms with Crippen molar-refractivity contribution in [3.63, 3.8) is 0 Å². The van der Waals surface area contributed by atoms with Crippen LogP contribution in [0.5, 0.6) is 0 Å². The maximum Gasteiger partial charge on any atom is 0.104 e. The molecular formula is C14H28N2O. The lowest BCUT2D eigenvalue weighted by Crippen LogP contribution is -2.41. The van der Waals surface area contributed by atoms with Crippen molar-refractivity contribution in [1.29, 1.82) is 5.26 Å². The number of nitriles is 1. The molecule has 0 aromatic heterocycles. The molecule has 0 aromatic carbocycles. The van der Waals surface area contributed by atoms with E-state index in [2.05, 4.69) is 25.2 Å². The summed E-state index contributed by atoms with van der Waals surface area (Å²) in [6, 6.07) is 2.36. The van der Waals surface area contributed by atoms with Crippen molar-refractivity contribution in [2.45, 2.75) is 64.8 Å². The molecule has 1 N–H and O–H groups in total. The Labute approximate surface area is 107 Å². The van der Waals surface area contributed by atoms with E-state index in [0.29, 0.717) is 0 Å². The van der Waals surface area contributed by atoms with Crippen LogP contribution in [-0.4, -0.2) is 25.3 Å². The third kappa shape index (κ3) is 9.14. The summed E-state index contributed by atoms with van der Waals surface area (Å²) < 4.78 is 5.54. The Bertz CT molecular complexity index is 213. The molecule has 17 heavy (non-hydrogen) atoms. The van der Waals surface area contributed by atoms with Gasteiger partial charge in [-0.1, -0.05) is 26.7 Å². The molecule has 0 rings (SSSR count). The smallest absolute Gasteiger partial charge is 0.104 e. The molecule has 0 spiro atoms. The first-order valence-electron chi connectivity index (χ1n) is 6.92. The number of hydrogen-bond acceptors (Lipinski definition) is 3. The van der Waals surface area contributed by atoms with E-state index >= 15 is 0 Å².